The second-order valence-electron chi connectivity index (χ2n) is 10.7. The van der Waals surface area contributed by atoms with Crippen molar-refractivity contribution in [3.63, 3.8) is 0 Å². The Bertz CT molecular complexity index is 1860. The zero-order chi connectivity index (χ0) is 34.2. The lowest BCUT2D eigenvalue weighted by Gasteiger charge is -2.28. The molecule has 0 unspecified atom stereocenters. The summed E-state index contributed by atoms with van der Waals surface area (Å²) in [6.07, 6.45) is 0.342. The minimum atomic E-state index is -1.17. The highest BCUT2D eigenvalue weighted by Crippen LogP contribution is 2.36. The monoisotopic (exact) mass is 736 g/mol. The van der Waals surface area contributed by atoms with Crippen LogP contribution in [0.1, 0.15) is 36.6 Å². The number of hydrogen-bond acceptors (Lipinski definition) is 9. The molecule has 2 atom stereocenters. The fourth-order valence-corrected chi connectivity index (χ4v) is 6.08. The van der Waals surface area contributed by atoms with Crippen LogP contribution in [0.2, 0.25) is 5.02 Å². The van der Waals surface area contributed by atoms with Crippen LogP contribution in [0.15, 0.2) is 93.6 Å². The molecule has 5 rings (SSSR count). The number of nitrogens with one attached hydrogen (secondary N) is 3. The molecule has 11 nitrogen and oxygen atoms in total. The van der Waals surface area contributed by atoms with E-state index in [1.165, 1.54) is 13.3 Å². The Balaban J connectivity index is 1.18. The summed E-state index contributed by atoms with van der Waals surface area (Å²) in [6, 6.07) is 21.6. The number of methoxy groups -OCH3 is 1. The van der Waals surface area contributed by atoms with Crippen molar-refractivity contribution >= 4 is 56.5 Å². The van der Waals surface area contributed by atoms with Crippen molar-refractivity contribution in [1.29, 1.82) is 0 Å². The largest absolute Gasteiger partial charge is 0.490 e. The number of esters is 1. The normalized spacial score (nSPS) is 15.1. The molecule has 1 heterocycles. The van der Waals surface area contributed by atoms with Gasteiger partial charge in [0.1, 0.15) is 13.2 Å². The highest BCUT2D eigenvalue weighted by molar-refractivity contribution is 9.10. The van der Waals surface area contributed by atoms with Crippen molar-refractivity contribution in [2.45, 2.75) is 32.7 Å². The van der Waals surface area contributed by atoms with Crippen LogP contribution in [0.5, 0.6) is 17.2 Å². The maximum atomic E-state index is 12.5. The van der Waals surface area contributed by atoms with E-state index in [2.05, 4.69) is 61.4 Å². The average Bonchev–Trinajstić information content (AvgIpc) is 3.06. The summed E-state index contributed by atoms with van der Waals surface area (Å²) in [5.41, 5.74) is 5.54. The van der Waals surface area contributed by atoms with Crippen molar-refractivity contribution in [2.24, 2.45) is 5.10 Å². The van der Waals surface area contributed by atoms with Crippen molar-refractivity contribution in [3.8, 4) is 17.2 Å². The van der Waals surface area contributed by atoms with Crippen molar-refractivity contribution in [2.75, 3.05) is 20.3 Å². The fraction of sp³-hybridized carbons (Fsp3) is 0.229. The predicted octanol–water partition coefficient (Wildman–Crippen LogP) is 6.36. The number of nitrogens with zero attached hydrogens (tertiary/aromatic N) is 1. The van der Waals surface area contributed by atoms with E-state index in [-0.39, 0.29) is 12.2 Å². The van der Waals surface area contributed by atoms with Gasteiger partial charge in [-0.1, -0.05) is 54.1 Å². The molecular weight excluding hydrogens is 704 g/mol. The van der Waals surface area contributed by atoms with Gasteiger partial charge < -0.3 is 34.7 Å². The van der Waals surface area contributed by atoms with Gasteiger partial charge in [0.15, 0.2) is 23.5 Å². The number of amides is 2. The first kappa shape index (κ1) is 34.6. The third kappa shape index (κ3) is 8.38. The summed E-state index contributed by atoms with van der Waals surface area (Å²) < 4.78 is 23.2. The Morgan fingerprint density at radius 3 is 2.60 bits per heavy atom. The van der Waals surface area contributed by atoms with E-state index in [1.807, 2.05) is 25.1 Å². The zero-order valence-corrected chi connectivity index (χ0v) is 28.7. The highest BCUT2D eigenvalue weighted by Gasteiger charge is 2.32. The van der Waals surface area contributed by atoms with Crippen LogP contribution in [0.25, 0.3) is 10.8 Å². The molecule has 250 valence electrons. The molecule has 0 aliphatic carbocycles. The molecular formula is C35H34BrClN4O7. The number of carbonyl (C=O) groups excluding carboxylic acids is 2. The fourth-order valence-electron chi connectivity index (χ4n) is 5.10. The summed E-state index contributed by atoms with van der Waals surface area (Å²) >= 11 is 10.1. The summed E-state index contributed by atoms with van der Waals surface area (Å²) in [7, 11) is 1.27. The minimum absolute atomic E-state index is 0.167. The quantitative estimate of drug-likeness (QED) is 0.0539. The average molecular weight is 738 g/mol. The summed E-state index contributed by atoms with van der Waals surface area (Å²) in [6.45, 7) is 3.94. The molecule has 4 aromatic rings. The molecule has 0 saturated carbocycles. The molecule has 0 bridgehead atoms. The number of urea groups is 1. The standard InChI is InChI=1S/C35H34BrClN4O7/c1-4-46-29-16-25(32-31(34(43)45-3)20(2)39-35(44)40-32)11-12-28(29)47-19-30(42)41-38-17-22-14-26(36)33(27(37)15-22)48-18-21-9-10-23-7-5-6-8-24(23)13-21/h5-17,30,32,41-42H,4,18-19H2,1-3H3,(H2,39,40,44)/b38-17-/t30-,32-/m0/s1. The number of carbonyl (C=O) groups is 2. The molecule has 13 heteroatoms. The number of fused-ring (bicyclic) bond motifs is 1. The number of hydrogen-bond donors (Lipinski definition) is 4. The number of rotatable bonds is 13. The third-order valence-electron chi connectivity index (χ3n) is 7.33. The van der Waals surface area contributed by atoms with Gasteiger partial charge in [0.2, 0.25) is 0 Å². The lowest BCUT2D eigenvalue weighted by molar-refractivity contribution is -0.136. The van der Waals surface area contributed by atoms with Gasteiger partial charge in [-0.2, -0.15) is 5.10 Å². The molecule has 1 aliphatic heterocycles. The smallest absolute Gasteiger partial charge is 0.337 e. The van der Waals surface area contributed by atoms with Crippen molar-refractivity contribution < 1.29 is 33.6 Å². The van der Waals surface area contributed by atoms with Gasteiger partial charge in [0.25, 0.3) is 0 Å². The second-order valence-corrected chi connectivity index (χ2v) is 12.0. The van der Waals surface area contributed by atoms with Crippen molar-refractivity contribution in [3.05, 3.63) is 110 Å². The van der Waals surface area contributed by atoms with E-state index in [9.17, 15) is 14.7 Å². The molecule has 48 heavy (non-hydrogen) atoms. The van der Waals surface area contributed by atoms with Gasteiger partial charge in [0, 0.05) is 5.70 Å². The van der Waals surface area contributed by atoms with E-state index in [4.69, 9.17) is 30.5 Å². The Kier molecular flexibility index (Phi) is 11.4. The van der Waals surface area contributed by atoms with Crippen molar-refractivity contribution in [1.82, 2.24) is 16.1 Å². The van der Waals surface area contributed by atoms with E-state index in [0.29, 0.717) is 56.8 Å². The number of hydrazone groups is 1. The number of benzene rings is 4. The molecule has 0 saturated heterocycles. The van der Waals surface area contributed by atoms with Gasteiger partial charge in [0.05, 0.1) is 41.0 Å². The van der Waals surface area contributed by atoms with E-state index >= 15 is 0 Å². The van der Waals surface area contributed by atoms with Gasteiger partial charge in [-0.15, -0.1) is 0 Å². The molecule has 1 aliphatic rings. The molecule has 2 amide bonds. The van der Waals surface area contributed by atoms with Crippen LogP contribution < -0.4 is 30.3 Å². The number of aliphatic hydroxyl groups is 1. The molecule has 4 N–H and O–H groups in total. The topological polar surface area (TPSA) is 140 Å². The first-order valence-electron chi connectivity index (χ1n) is 15.0. The lowest BCUT2D eigenvalue weighted by atomic mass is 9.95. The van der Waals surface area contributed by atoms with E-state index < -0.39 is 24.3 Å². The summed E-state index contributed by atoms with van der Waals surface area (Å²) in [5, 5.41) is 22.6. The first-order chi connectivity index (χ1) is 23.2. The van der Waals surface area contributed by atoms with Crippen LogP contribution in [-0.4, -0.2) is 49.9 Å². The van der Waals surface area contributed by atoms with Crippen LogP contribution in [0.4, 0.5) is 4.79 Å². The summed E-state index contributed by atoms with van der Waals surface area (Å²) in [5.74, 6) is 0.646. The maximum absolute atomic E-state index is 12.5. The second kappa shape index (κ2) is 15.9. The predicted molar refractivity (Wildman–Crippen MR) is 186 cm³/mol. The third-order valence-corrected chi connectivity index (χ3v) is 8.20. The molecule has 4 aromatic carbocycles. The Morgan fingerprint density at radius 1 is 1.06 bits per heavy atom. The number of halogens is 2. The number of aliphatic hydroxyl groups excluding tert-OH is 1. The van der Waals surface area contributed by atoms with Crippen LogP contribution in [0, 0.1) is 0 Å². The minimum Gasteiger partial charge on any atom is -0.490 e. The lowest BCUT2D eigenvalue weighted by Crippen LogP contribution is -2.45. The van der Waals surface area contributed by atoms with Crippen LogP contribution in [0.3, 0.4) is 0 Å². The van der Waals surface area contributed by atoms with Gasteiger partial charge in [-0.3, -0.25) is 5.43 Å². The molecule has 0 aromatic heterocycles. The Morgan fingerprint density at radius 2 is 1.85 bits per heavy atom. The molecule has 0 radical (unpaired) electrons. The zero-order valence-electron chi connectivity index (χ0n) is 26.4. The van der Waals surface area contributed by atoms with Gasteiger partial charge >= 0.3 is 12.0 Å². The summed E-state index contributed by atoms with van der Waals surface area (Å²) in [4.78, 5) is 24.6. The first-order valence-corrected chi connectivity index (χ1v) is 16.2. The number of ether oxygens (including phenoxy) is 4. The highest BCUT2D eigenvalue weighted by atomic mass is 79.9. The Hall–Kier alpha value is -4.78. The molecule has 0 fully saturated rings. The van der Waals surface area contributed by atoms with Gasteiger partial charge in [-0.05, 0) is 87.6 Å². The van der Waals surface area contributed by atoms with Gasteiger partial charge in [-0.25, -0.2) is 9.59 Å². The SMILES string of the molecule is CCOc1cc([C@@H]2NC(=O)NC(C)=C2C(=O)OC)ccc1OC[C@H](O)N/N=C\c1cc(Cl)c(OCc2ccc3ccccc3c2)c(Br)c1. The molecule has 0 spiro atoms. The van der Waals surface area contributed by atoms with E-state index in [1.54, 1.807) is 37.3 Å². The van der Waals surface area contributed by atoms with Crippen LogP contribution in [-0.2, 0) is 16.1 Å². The van der Waals surface area contributed by atoms with E-state index in [0.717, 1.165) is 16.3 Å². The Labute approximate surface area is 291 Å². The maximum Gasteiger partial charge on any atom is 0.337 e. The van der Waals surface area contributed by atoms with Crippen LogP contribution >= 0.6 is 27.5 Å². The number of allylic oxidation sites excluding steroid dienone is 1.